The number of benzene rings is 2. The molecule has 0 amide bonds. The lowest BCUT2D eigenvalue weighted by atomic mass is 9.95. The summed E-state index contributed by atoms with van der Waals surface area (Å²) in [5.41, 5.74) is 2.44. The van der Waals surface area contributed by atoms with Gasteiger partial charge in [0, 0.05) is 0 Å². The Hall–Kier alpha value is -2.92. The largest absolute Gasteiger partial charge is 0.490 e. The lowest BCUT2D eigenvalue weighted by Gasteiger charge is -2.25. The number of halogens is 1. The quantitative estimate of drug-likeness (QED) is 0.242. The van der Waals surface area contributed by atoms with Gasteiger partial charge in [-0.15, -0.1) is 0 Å². The molecule has 1 aliphatic heterocycles. The van der Waals surface area contributed by atoms with Crippen LogP contribution in [0.15, 0.2) is 63.5 Å². The monoisotopic (exact) mass is 646 g/mol. The third-order valence-corrected chi connectivity index (χ3v) is 8.07. The van der Waals surface area contributed by atoms with Crippen LogP contribution >= 0.6 is 33.9 Å². The molecule has 38 heavy (non-hydrogen) atoms. The second-order valence-corrected chi connectivity index (χ2v) is 11.0. The molecule has 2 aromatic carbocycles. The lowest BCUT2D eigenvalue weighted by Crippen LogP contribution is -2.40. The molecule has 0 saturated carbocycles. The average molecular weight is 647 g/mol. The number of fused-ring (bicyclic) bond motifs is 1. The Bertz CT molecular complexity index is 1540. The molecular formula is C29H31IN2O5S. The number of carbonyl (C=O) groups is 1. The molecule has 0 N–H and O–H groups in total. The molecule has 1 aliphatic rings. The highest BCUT2D eigenvalue weighted by Gasteiger charge is 2.33. The van der Waals surface area contributed by atoms with Crippen LogP contribution in [0.2, 0.25) is 0 Å². The van der Waals surface area contributed by atoms with E-state index >= 15 is 0 Å². The van der Waals surface area contributed by atoms with Crippen LogP contribution in [0.1, 0.15) is 57.7 Å². The van der Waals surface area contributed by atoms with Gasteiger partial charge >= 0.3 is 5.97 Å². The molecule has 9 heteroatoms. The van der Waals surface area contributed by atoms with Crippen molar-refractivity contribution in [3.05, 3.63) is 88.1 Å². The van der Waals surface area contributed by atoms with E-state index in [4.69, 9.17) is 19.2 Å². The van der Waals surface area contributed by atoms with Crippen molar-refractivity contribution in [3.63, 3.8) is 0 Å². The summed E-state index contributed by atoms with van der Waals surface area (Å²) in [5, 5.41) is 0. The topological polar surface area (TPSA) is 79.1 Å². The van der Waals surface area contributed by atoms with Crippen molar-refractivity contribution in [2.45, 2.75) is 52.7 Å². The number of esters is 1. The number of carbonyl (C=O) groups excluding carboxylic acids is 1. The number of rotatable bonds is 9. The van der Waals surface area contributed by atoms with Crippen LogP contribution in [0.25, 0.3) is 6.08 Å². The number of hydrogen-bond donors (Lipinski definition) is 0. The van der Waals surface area contributed by atoms with Crippen molar-refractivity contribution in [1.29, 1.82) is 0 Å². The molecule has 0 spiro atoms. The van der Waals surface area contributed by atoms with Crippen molar-refractivity contribution in [2.75, 3.05) is 13.7 Å². The molecular weight excluding hydrogens is 615 g/mol. The highest BCUT2D eigenvalue weighted by Crippen LogP contribution is 2.36. The summed E-state index contributed by atoms with van der Waals surface area (Å²) in [5.74, 6) is 0.864. The van der Waals surface area contributed by atoms with Gasteiger partial charge in [0.2, 0.25) is 0 Å². The van der Waals surface area contributed by atoms with Crippen molar-refractivity contribution >= 4 is 46.0 Å². The fraction of sp³-hybridized carbons (Fsp3) is 0.345. The predicted octanol–water partition coefficient (Wildman–Crippen LogP) is 4.98. The highest BCUT2D eigenvalue weighted by molar-refractivity contribution is 14.1. The first-order valence-corrected chi connectivity index (χ1v) is 14.5. The van der Waals surface area contributed by atoms with E-state index in [0.717, 1.165) is 21.1 Å². The summed E-state index contributed by atoms with van der Waals surface area (Å²) in [6.45, 7) is 8.46. The summed E-state index contributed by atoms with van der Waals surface area (Å²) >= 11 is 3.55. The van der Waals surface area contributed by atoms with E-state index in [1.54, 1.807) is 4.57 Å². The van der Waals surface area contributed by atoms with E-state index in [-0.39, 0.29) is 11.7 Å². The maximum Gasteiger partial charge on any atom is 0.338 e. The molecule has 3 aromatic rings. The fourth-order valence-electron chi connectivity index (χ4n) is 4.30. The van der Waals surface area contributed by atoms with Gasteiger partial charge in [-0.05, 0) is 78.6 Å². The number of ether oxygens (including phenoxy) is 3. The van der Waals surface area contributed by atoms with Gasteiger partial charge in [-0.3, -0.25) is 9.36 Å². The summed E-state index contributed by atoms with van der Waals surface area (Å²) in [6, 6.07) is 12.8. The molecule has 2 atom stereocenters. The molecule has 0 radical (unpaired) electrons. The minimum absolute atomic E-state index is 0.0482. The molecule has 0 saturated heterocycles. The van der Waals surface area contributed by atoms with Gasteiger partial charge < -0.3 is 14.2 Å². The van der Waals surface area contributed by atoms with Gasteiger partial charge in [0.25, 0.3) is 5.56 Å². The molecule has 4 rings (SSSR count). The van der Waals surface area contributed by atoms with E-state index in [1.807, 2.05) is 69.3 Å². The van der Waals surface area contributed by atoms with E-state index in [0.29, 0.717) is 45.1 Å². The zero-order valence-electron chi connectivity index (χ0n) is 22.1. The van der Waals surface area contributed by atoms with Gasteiger partial charge in [0.1, 0.15) is 0 Å². The van der Waals surface area contributed by atoms with E-state index < -0.39 is 12.0 Å². The van der Waals surface area contributed by atoms with E-state index in [2.05, 4.69) is 29.5 Å². The molecule has 7 nitrogen and oxygen atoms in total. The number of aromatic nitrogens is 1. The summed E-state index contributed by atoms with van der Waals surface area (Å²) < 4.78 is 20.2. The van der Waals surface area contributed by atoms with Crippen molar-refractivity contribution < 1.29 is 19.0 Å². The fourth-order valence-corrected chi connectivity index (χ4v) is 6.07. The molecule has 0 aliphatic carbocycles. The normalized spacial score (nSPS) is 16.1. The Labute approximate surface area is 239 Å². The van der Waals surface area contributed by atoms with Gasteiger partial charge in [0.15, 0.2) is 16.3 Å². The summed E-state index contributed by atoms with van der Waals surface area (Å²) in [6.07, 6.45) is 3.30. The van der Waals surface area contributed by atoms with Crippen molar-refractivity contribution in [1.82, 2.24) is 4.57 Å². The maximum absolute atomic E-state index is 13.8. The van der Waals surface area contributed by atoms with E-state index in [9.17, 15) is 9.59 Å². The SMILES string of the molecule is CCOc1cc(/C=c2/sc3n(c2=O)[C@H](c2ccccc2)C(C(=O)OC)=C(CC)N=3)cc(I)c1O[C@H](C)CC. The average Bonchev–Trinajstić information content (AvgIpc) is 3.23. The van der Waals surface area contributed by atoms with Gasteiger partial charge in [-0.25, -0.2) is 9.79 Å². The van der Waals surface area contributed by atoms with E-state index in [1.165, 1.54) is 18.4 Å². The van der Waals surface area contributed by atoms with Crippen LogP contribution in [0.4, 0.5) is 0 Å². The Balaban J connectivity index is 1.91. The number of hydrogen-bond acceptors (Lipinski definition) is 7. The van der Waals surface area contributed by atoms with Crippen LogP contribution in [-0.2, 0) is 9.53 Å². The number of allylic oxidation sites excluding steroid dienone is 1. The second kappa shape index (κ2) is 12.3. The third kappa shape index (κ3) is 5.58. The van der Waals surface area contributed by atoms with Crippen LogP contribution in [-0.4, -0.2) is 30.4 Å². The zero-order valence-corrected chi connectivity index (χ0v) is 25.1. The maximum atomic E-state index is 13.8. The Morgan fingerprint density at radius 1 is 1.21 bits per heavy atom. The highest BCUT2D eigenvalue weighted by atomic mass is 127. The molecule has 0 fully saturated rings. The van der Waals surface area contributed by atoms with Crippen molar-refractivity contribution in [2.24, 2.45) is 4.99 Å². The van der Waals surface area contributed by atoms with Crippen LogP contribution in [0.5, 0.6) is 11.5 Å². The van der Waals surface area contributed by atoms with Crippen LogP contribution < -0.4 is 24.4 Å². The minimum Gasteiger partial charge on any atom is -0.490 e. The summed E-state index contributed by atoms with van der Waals surface area (Å²) in [4.78, 5) is 32.0. The Morgan fingerprint density at radius 2 is 1.95 bits per heavy atom. The predicted molar refractivity (Wildman–Crippen MR) is 158 cm³/mol. The lowest BCUT2D eigenvalue weighted by molar-refractivity contribution is -0.136. The zero-order chi connectivity index (χ0) is 27.4. The van der Waals surface area contributed by atoms with Gasteiger partial charge in [-0.2, -0.15) is 0 Å². The first kappa shape index (κ1) is 28.1. The molecule has 200 valence electrons. The smallest absolute Gasteiger partial charge is 0.338 e. The number of thiazole rings is 1. The first-order chi connectivity index (χ1) is 18.3. The minimum atomic E-state index is -0.623. The van der Waals surface area contributed by atoms with Crippen LogP contribution in [0, 0.1) is 3.57 Å². The van der Waals surface area contributed by atoms with Crippen LogP contribution in [0.3, 0.4) is 0 Å². The number of nitrogens with zero attached hydrogens (tertiary/aromatic N) is 2. The standard InChI is InChI=1S/C29H31IN2O5S/c1-6-17(4)37-26-20(30)14-18(15-22(26)36-8-3)16-23-27(33)32-25(19-12-10-9-11-13-19)24(28(34)35-5)21(7-2)31-29(32)38-23/h9-17,25H,6-8H2,1-5H3/b23-16+/t17-,25-/m1/s1. The molecule has 0 unspecified atom stereocenters. The Morgan fingerprint density at radius 3 is 2.58 bits per heavy atom. The van der Waals surface area contributed by atoms with Gasteiger partial charge in [-0.1, -0.05) is 55.5 Å². The molecule has 0 bridgehead atoms. The second-order valence-electron chi connectivity index (χ2n) is 8.80. The third-order valence-electron chi connectivity index (χ3n) is 6.29. The molecule has 1 aromatic heterocycles. The Kier molecular flexibility index (Phi) is 9.09. The first-order valence-electron chi connectivity index (χ1n) is 12.6. The van der Waals surface area contributed by atoms with Crippen molar-refractivity contribution in [3.8, 4) is 11.5 Å². The van der Waals surface area contributed by atoms with Gasteiger partial charge in [0.05, 0.1) is 45.2 Å². The molecule has 2 heterocycles. The summed E-state index contributed by atoms with van der Waals surface area (Å²) in [7, 11) is 1.35. The number of methoxy groups -OCH3 is 1.